The van der Waals surface area contributed by atoms with Crippen LogP contribution in [0.5, 0.6) is 0 Å². The molecule has 1 aliphatic heterocycles. The van der Waals surface area contributed by atoms with Crippen molar-refractivity contribution in [3.8, 4) is 5.69 Å². The Kier molecular flexibility index (Phi) is 5.39. The summed E-state index contributed by atoms with van der Waals surface area (Å²) in [4.78, 5) is 12.3. The molecule has 2 heterocycles. The summed E-state index contributed by atoms with van der Waals surface area (Å²) >= 11 is 0. The summed E-state index contributed by atoms with van der Waals surface area (Å²) in [7, 11) is 0. The first-order valence-electron chi connectivity index (χ1n) is 9.49. The Labute approximate surface area is 164 Å². The van der Waals surface area contributed by atoms with Gasteiger partial charge in [0, 0.05) is 25.7 Å². The number of carbonyl (C=O) groups is 1. The third kappa shape index (κ3) is 4.23. The SMILES string of the molecule is Cc1ccn(-c2ccccc2CNC(=O)NC[C@@H]2Cc3ccccc3CO2)n1. The second-order valence-electron chi connectivity index (χ2n) is 7.00. The molecule has 28 heavy (non-hydrogen) atoms. The molecule has 2 amide bonds. The normalized spacial score (nSPS) is 15.7. The molecule has 6 heteroatoms. The molecule has 0 aliphatic carbocycles. The van der Waals surface area contributed by atoms with Crippen LogP contribution < -0.4 is 10.6 Å². The zero-order chi connectivity index (χ0) is 19.3. The maximum atomic E-state index is 12.3. The van der Waals surface area contributed by atoms with Crippen LogP contribution in [0.4, 0.5) is 4.79 Å². The molecule has 0 saturated heterocycles. The lowest BCUT2D eigenvalue weighted by Gasteiger charge is -2.25. The van der Waals surface area contributed by atoms with Gasteiger partial charge in [-0.1, -0.05) is 42.5 Å². The first-order chi connectivity index (χ1) is 13.7. The number of carbonyl (C=O) groups excluding carboxylic acids is 1. The molecule has 1 aromatic heterocycles. The van der Waals surface area contributed by atoms with Gasteiger partial charge in [-0.15, -0.1) is 0 Å². The molecule has 144 valence electrons. The summed E-state index contributed by atoms with van der Waals surface area (Å²) in [5, 5.41) is 10.3. The second kappa shape index (κ2) is 8.27. The highest BCUT2D eigenvalue weighted by Crippen LogP contribution is 2.19. The van der Waals surface area contributed by atoms with E-state index in [1.807, 2.05) is 60.3 Å². The van der Waals surface area contributed by atoms with Gasteiger partial charge in [0.2, 0.25) is 0 Å². The van der Waals surface area contributed by atoms with E-state index in [0.29, 0.717) is 19.7 Å². The predicted octanol–water partition coefficient (Wildman–Crippen LogP) is 3.12. The minimum Gasteiger partial charge on any atom is -0.371 e. The highest BCUT2D eigenvalue weighted by atomic mass is 16.5. The molecule has 0 saturated carbocycles. The molecule has 2 N–H and O–H groups in total. The number of nitrogens with one attached hydrogen (secondary N) is 2. The predicted molar refractivity (Wildman–Crippen MR) is 107 cm³/mol. The van der Waals surface area contributed by atoms with Gasteiger partial charge in [-0.05, 0) is 35.7 Å². The molecular formula is C22H24N4O2. The van der Waals surface area contributed by atoms with Gasteiger partial charge in [-0.25, -0.2) is 9.48 Å². The van der Waals surface area contributed by atoms with Crippen LogP contribution in [0.25, 0.3) is 5.69 Å². The Morgan fingerprint density at radius 2 is 1.89 bits per heavy atom. The van der Waals surface area contributed by atoms with Crippen molar-refractivity contribution in [3.63, 3.8) is 0 Å². The van der Waals surface area contributed by atoms with E-state index in [1.54, 1.807) is 0 Å². The fourth-order valence-corrected chi connectivity index (χ4v) is 3.42. The Morgan fingerprint density at radius 1 is 1.11 bits per heavy atom. The van der Waals surface area contributed by atoms with Crippen molar-refractivity contribution in [1.29, 1.82) is 0 Å². The fraction of sp³-hybridized carbons (Fsp3) is 0.273. The first-order valence-corrected chi connectivity index (χ1v) is 9.49. The average Bonchev–Trinajstić information content (AvgIpc) is 3.17. The molecule has 0 fully saturated rings. The van der Waals surface area contributed by atoms with Gasteiger partial charge in [0.1, 0.15) is 0 Å². The van der Waals surface area contributed by atoms with Crippen molar-refractivity contribution in [2.45, 2.75) is 32.6 Å². The number of aryl methyl sites for hydroxylation is 1. The zero-order valence-electron chi connectivity index (χ0n) is 15.9. The minimum absolute atomic E-state index is 0.0000132. The van der Waals surface area contributed by atoms with Crippen LogP contribution in [0.15, 0.2) is 60.8 Å². The first kappa shape index (κ1) is 18.3. The lowest BCUT2D eigenvalue weighted by molar-refractivity contribution is 0.0305. The van der Waals surface area contributed by atoms with Gasteiger partial charge in [-0.2, -0.15) is 5.10 Å². The van der Waals surface area contributed by atoms with E-state index in [9.17, 15) is 4.79 Å². The smallest absolute Gasteiger partial charge is 0.315 e. The summed E-state index contributed by atoms with van der Waals surface area (Å²) in [6.07, 6.45) is 2.74. The average molecular weight is 376 g/mol. The largest absolute Gasteiger partial charge is 0.371 e. The van der Waals surface area contributed by atoms with E-state index in [4.69, 9.17) is 4.74 Å². The quantitative estimate of drug-likeness (QED) is 0.719. The Bertz CT molecular complexity index is 966. The summed E-state index contributed by atoms with van der Waals surface area (Å²) in [5.74, 6) is 0. The van der Waals surface area contributed by atoms with Crippen LogP contribution in [-0.4, -0.2) is 28.5 Å². The highest BCUT2D eigenvalue weighted by Gasteiger charge is 2.19. The van der Waals surface area contributed by atoms with E-state index in [-0.39, 0.29) is 12.1 Å². The number of hydrogen-bond acceptors (Lipinski definition) is 3. The fourth-order valence-electron chi connectivity index (χ4n) is 3.42. The number of benzene rings is 2. The molecule has 0 spiro atoms. The standard InChI is InChI=1S/C22H24N4O2/c1-16-10-11-26(25-16)21-9-5-4-7-18(21)13-23-22(27)24-14-20-12-17-6-2-3-8-19(17)15-28-20/h2-11,20H,12-15H2,1H3,(H2,23,24,27)/t20-/m0/s1. The zero-order valence-corrected chi connectivity index (χ0v) is 15.9. The van der Waals surface area contributed by atoms with Crippen LogP contribution in [0.1, 0.15) is 22.4 Å². The Hall–Kier alpha value is -3.12. The van der Waals surface area contributed by atoms with Gasteiger partial charge in [0.15, 0.2) is 0 Å². The summed E-state index contributed by atoms with van der Waals surface area (Å²) in [5.41, 5.74) is 5.44. The molecule has 0 radical (unpaired) electrons. The van der Waals surface area contributed by atoms with Crippen molar-refractivity contribution >= 4 is 6.03 Å². The monoisotopic (exact) mass is 376 g/mol. The van der Waals surface area contributed by atoms with E-state index in [2.05, 4.69) is 27.9 Å². The van der Waals surface area contributed by atoms with Crippen LogP contribution >= 0.6 is 0 Å². The van der Waals surface area contributed by atoms with Gasteiger partial charge in [0.25, 0.3) is 0 Å². The summed E-state index contributed by atoms with van der Waals surface area (Å²) in [6, 6.07) is 18.0. The minimum atomic E-state index is -0.200. The van der Waals surface area contributed by atoms with Crippen LogP contribution in [0.2, 0.25) is 0 Å². The summed E-state index contributed by atoms with van der Waals surface area (Å²) in [6.45, 7) is 3.47. The molecule has 2 aromatic carbocycles. The Morgan fingerprint density at radius 3 is 2.71 bits per heavy atom. The maximum absolute atomic E-state index is 12.3. The molecule has 6 nitrogen and oxygen atoms in total. The van der Waals surface area contributed by atoms with E-state index in [1.165, 1.54) is 11.1 Å². The highest BCUT2D eigenvalue weighted by molar-refractivity contribution is 5.74. The van der Waals surface area contributed by atoms with Crippen molar-refractivity contribution in [1.82, 2.24) is 20.4 Å². The number of fused-ring (bicyclic) bond motifs is 1. The van der Waals surface area contributed by atoms with Gasteiger partial charge in [-0.3, -0.25) is 0 Å². The molecule has 0 unspecified atom stereocenters. The van der Waals surface area contributed by atoms with Crippen LogP contribution in [-0.2, 0) is 24.3 Å². The third-order valence-electron chi connectivity index (χ3n) is 4.93. The number of ether oxygens (including phenoxy) is 1. The van der Waals surface area contributed by atoms with Crippen molar-refractivity contribution in [2.24, 2.45) is 0 Å². The van der Waals surface area contributed by atoms with Crippen LogP contribution in [0, 0.1) is 6.92 Å². The number of nitrogens with zero attached hydrogens (tertiary/aromatic N) is 2. The third-order valence-corrected chi connectivity index (χ3v) is 4.93. The number of hydrogen-bond donors (Lipinski definition) is 2. The van der Waals surface area contributed by atoms with Crippen molar-refractivity contribution in [2.75, 3.05) is 6.54 Å². The van der Waals surface area contributed by atoms with Gasteiger partial charge >= 0.3 is 6.03 Å². The number of amides is 2. The van der Waals surface area contributed by atoms with Gasteiger partial charge in [0.05, 0.1) is 24.1 Å². The molecule has 1 atom stereocenters. The number of para-hydroxylation sites is 1. The molecule has 3 aromatic rings. The van der Waals surface area contributed by atoms with E-state index in [0.717, 1.165) is 23.4 Å². The lowest BCUT2D eigenvalue weighted by Crippen LogP contribution is -2.41. The number of rotatable bonds is 5. The Balaban J connectivity index is 1.30. The second-order valence-corrected chi connectivity index (χ2v) is 7.00. The lowest BCUT2D eigenvalue weighted by atomic mass is 9.99. The molecular weight excluding hydrogens is 352 g/mol. The van der Waals surface area contributed by atoms with Crippen molar-refractivity contribution in [3.05, 3.63) is 83.2 Å². The molecule has 0 bridgehead atoms. The molecule has 1 aliphatic rings. The maximum Gasteiger partial charge on any atom is 0.315 e. The van der Waals surface area contributed by atoms with Crippen molar-refractivity contribution < 1.29 is 9.53 Å². The van der Waals surface area contributed by atoms with E-state index < -0.39 is 0 Å². The van der Waals surface area contributed by atoms with Crippen LogP contribution in [0.3, 0.4) is 0 Å². The molecule has 4 rings (SSSR count). The van der Waals surface area contributed by atoms with Gasteiger partial charge < -0.3 is 15.4 Å². The van der Waals surface area contributed by atoms with E-state index >= 15 is 0 Å². The summed E-state index contributed by atoms with van der Waals surface area (Å²) < 4.78 is 7.67. The topological polar surface area (TPSA) is 68.2 Å². The number of aromatic nitrogens is 2. The number of urea groups is 1.